The van der Waals surface area contributed by atoms with Gasteiger partial charge in [0.2, 0.25) is 11.8 Å². The topological polar surface area (TPSA) is 92.6 Å². The third-order valence-corrected chi connectivity index (χ3v) is 4.19. The minimum atomic E-state index is -4.61. The molecular weight excluding hydrogens is 319 g/mol. The van der Waals surface area contributed by atoms with Crippen molar-refractivity contribution in [1.82, 2.24) is 10.2 Å². The molecule has 10 heteroatoms. The number of nitrogens with two attached hydrogens (primary N) is 1. The molecule has 1 saturated heterocycles. The second kappa shape index (κ2) is 6.34. The maximum absolute atomic E-state index is 12.1. The van der Waals surface area contributed by atoms with Crippen LogP contribution in [0.5, 0.6) is 0 Å². The first kappa shape index (κ1) is 16.6. The lowest BCUT2D eigenvalue weighted by Crippen LogP contribution is -2.45. The van der Waals surface area contributed by atoms with Crippen LogP contribution in [0.4, 0.5) is 13.2 Å². The van der Waals surface area contributed by atoms with Gasteiger partial charge in [-0.3, -0.25) is 4.74 Å². The molecule has 2 fully saturated rings. The minimum Gasteiger partial charge on any atom is -0.422 e. The van der Waals surface area contributed by atoms with Crippen LogP contribution >= 0.6 is 0 Å². The predicted molar refractivity (Wildman–Crippen MR) is 69.3 cm³/mol. The maximum Gasteiger partial charge on any atom is 0.522 e. The van der Waals surface area contributed by atoms with E-state index in [0.29, 0.717) is 24.8 Å². The van der Waals surface area contributed by atoms with Crippen LogP contribution in [0.1, 0.15) is 43.1 Å². The van der Waals surface area contributed by atoms with E-state index in [0.717, 1.165) is 0 Å². The number of halogens is 3. The number of methoxy groups -OCH3 is 1. The molecule has 1 aliphatic carbocycles. The minimum absolute atomic E-state index is 0.169. The highest BCUT2D eigenvalue weighted by atomic mass is 19.4. The summed E-state index contributed by atoms with van der Waals surface area (Å²) in [5.41, 5.74) is 5.86. The molecule has 2 N–H and O–H groups in total. The number of rotatable bonds is 4. The highest BCUT2D eigenvalue weighted by Gasteiger charge is 2.43. The molecule has 0 amide bonds. The molecule has 1 unspecified atom stereocenters. The van der Waals surface area contributed by atoms with Crippen molar-refractivity contribution in [1.29, 1.82) is 0 Å². The van der Waals surface area contributed by atoms with Crippen LogP contribution in [-0.4, -0.2) is 48.5 Å². The molecule has 23 heavy (non-hydrogen) atoms. The molecule has 1 saturated carbocycles. The molecule has 0 spiro atoms. The molecule has 0 radical (unpaired) electrons. The van der Waals surface area contributed by atoms with E-state index in [9.17, 15) is 13.2 Å². The van der Waals surface area contributed by atoms with Crippen molar-refractivity contribution in [2.45, 2.75) is 55.9 Å². The fourth-order valence-corrected chi connectivity index (χ4v) is 2.83. The second-order valence-corrected chi connectivity index (χ2v) is 5.83. The summed E-state index contributed by atoms with van der Waals surface area (Å²) >= 11 is 0. The van der Waals surface area contributed by atoms with E-state index in [1.807, 2.05) is 0 Å². The molecule has 2 aliphatic rings. The second-order valence-electron chi connectivity index (χ2n) is 5.83. The SMILES string of the molecule is COC1C[C@@H](c2nnc(C3CC(OC(F)(F)F)C3)o2)OC[C@@H]1N. The molecular formula is C13H18F3N3O4. The average molecular weight is 337 g/mol. The largest absolute Gasteiger partial charge is 0.522 e. The van der Waals surface area contributed by atoms with E-state index >= 15 is 0 Å². The Kier molecular flexibility index (Phi) is 4.59. The Labute approximate surface area is 130 Å². The van der Waals surface area contributed by atoms with Gasteiger partial charge in [-0.2, -0.15) is 0 Å². The Morgan fingerprint density at radius 2 is 1.87 bits per heavy atom. The van der Waals surface area contributed by atoms with Crippen molar-refractivity contribution in [2.24, 2.45) is 5.73 Å². The van der Waals surface area contributed by atoms with Gasteiger partial charge in [-0.1, -0.05) is 0 Å². The van der Waals surface area contributed by atoms with Gasteiger partial charge in [0.1, 0.15) is 6.10 Å². The molecule has 0 aromatic carbocycles. The fraction of sp³-hybridized carbons (Fsp3) is 0.846. The summed E-state index contributed by atoms with van der Waals surface area (Å²) in [6, 6.07) is -0.217. The van der Waals surface area contributed by atoms with Crippen LogP contribution in [0.25, 0.3) is 0 Å². The Morgan fingerprint density at radius 1 is 1.17 bits per heavy atom. The van der Waals surface area contributed by atoms with Crippen molar-refractivity contribution in [2.75, 3.05) is 13.7 Å². The van der Waals surface area contributed by atoms with Crippen molar-refractivity contribution >= 4 is 0 Å². The lowest BCUT2D eigenvalue weighted by atomic mass is 9.82. The van der Waals surface area contributed by atoms with Crippen molar-refractivity contribution < 1.29 is 31.8 Å². The first-order valence-corrected chi connectivity index (χ1v) is 7.33. The lowest BCUT2D eigenvalue weighted by molar-refractivity contribution is -0.352. The molecule has 2 heterocycles. The summed E-state index contributed by atoms with van der Waals surface area (Å²) < 4.78 is 56.6. The van der Waals surface area contributed by atoms with Gasteiger partial charge < -0.3 is 19.6 Å². The molecule has 3 atom stereocenters. The summed E-state index contributed by atoms with van der Waals surface area (Å²) in [7, 11) is 1.57. The number of aromatic nitrogens is 2. The number of hydrogen-bond acceptors (Lipinski definition) is 7. The zero-order valence-electron chi connectivity index (χ0n) is 12.5. The Morgan fingerprint density at radius 3 is 2.52 bits per heavy atom. The van der Waals surface area contributed by atoms with Gasteiger partial charge in [-0.25, -0.2) is 0 Å². The Balaban J connectivity index is 1.55. The first-order chi connectivity index (χ1) is 10.9. The van der Waals surface area contributed by atoms with Crippen LogP contribution in [0.2, 0.25) is 0 Å². The number of alkyl halides is 3. The third-order valence-electron chi connectivity index (χ3n) is 4.19. The van der Waals surface area contributed by atoms with E-state index in [-0.39, 0.29) is 30.9 Å². The zero-order chi connectivity index (χ0) is 16.6. The fourth-order valence-electron chi connectivity index (χ4n) is 2.83. The van der Waals surface area contributed by atoms with Crippen molar-refractivity contribution in [3.63, 3.8) is 0 Å². The van der Waals surface area contributed by atoms with Crippen molar-refractivity contribution in [3.8, 4) is 0 Å². The Bertz CT molecular complexity index is 533. The van der Waals surface area contributed by atoms with Gasteiger partial charge in [0, 0.05) is 19.4 Å². The van der Waals surface area contributed by atoms with Crippen LogP contribution in [0.15, 0.2) is 4.42 Å². The van der Waals surface area contributed by atoms with Crippen LogP contribution in [-0.2, 0) is 14.2 Å². The summed E-state index contributed by atoms with van der Waals surface area (Å²) in [6.07, 6.45) is -5.14. The van der Waals surface area contributed by atoms with Gasteiger partial charge in [0.25, 0.3) is 0 Å². The predicted octanol–water partition coefficient (Wildman–Crippen LogP) is 1.66. The standard InChI is InChI=1S/C13H18F3N3O4/c1-20-9-4-10(21-5-8(9)17)12-19-18-11(22-12)6-2-7(3-6)23-13(14,15)16/h6-10H,2-5,17H2,1H3/t6?,7?,8-,9?,10-/m0/s1. The monoisotopic (exact) mass is 337 g/mol. The normalized spacial score (nSPS) is 35.1. The van der Waals surface area contributed by atoms with E-state index in [2.05, 4.69) is 14.9 Å². The van der Waals surface area contributed by atoms with Crippen LogP contribution in [0, 0.1) is 0 Å². The zero-order valence-corrected chi connectivity index (χ0v) is 12.5. The molecule has 3 rings (SSSR count). The van der Waals surface area contributed by atoms with Crippen LogP contribution < -0.4 is 5.73 Å². The average Bonchev–Trinajstić information content (AvgIpc) is 2.91. The number of hydrogen-bond donors (Lipinski definition) is 1. The Hall–Kier alpha value is -1.23. The van der Waals surface area contributed by atoms with E-state index < -0.39 is 18.6 Å². The first-order valence-electron chi connectivity index (χ1n) is 7.33. The molecule has 1 aliphatic heterocycles. The van der Waals surface area contributed by atoms with Gasteiger partial charge in [-0.05, 0) is 12.8 Å². The van der Waals surface area contributed by atoms with Gasteiger partial charge >= 0.3 is 6.36 Å². The smallest absolute Gasteiger partial charge is 0.422 e. The molecule has 130 valence electrons. The highest BCUT2D eigenvalue weighted by molar-refractivity contribution is 5.02. The summed E-state index contributed by atoms with van der Waals surface area (Å²) in [4.78, 5) is 0. The van der Waals surface area contributed by atoms with Gasteiger partial charge in [-0.15, -0.1) is 23.4 Å². The molecule has 1 aromatic heterocycles. The van der Waals surface area contributed by atoms with Gasteiger partial charge in [0.05, 0.1) is 24.9 Å². The highest BCUT2D eigenvalue weighted by Crippen LogP contribution is 2.41. The van der Waals surface area contributed by atoms with Gasteiger partial charge in [0.15, 0.2) is 0 Å². The van der Waals surface area contributed by atoms with E-state index in [1.54, 1.807) is 7.11 Å². The van der Waals surface area contributed by atoms with E-state index in [1.165, 1.54) is 0 Å². The summed E-state index contributed by atoms with van der Waals surface area (Å²) in [6.45, 7) is 0.311. The number of ether oxygens (including phenoxy) is 3. The molecule has 1 aromatic rings. The van der Waals surface area contributed by atoms with Crippen molar-refractivity contribution in [3.05, 3.63) is 11.8 Å². The quantitative estimate of drug-likeness (QED) is 0.893. The van der Waals surface area contributed by atoms with Crippen LogP contribution in [0.3, 0.4) is 0 Å². The van der Waals surface area contributed by atoms with E-state index in [4.69, 9.17) is 19.6 Å². The molecule has 0 bridgehead atoms. The summed E-state index contributed by atoms with van der Waals surface area (Å²) in [5.74, 6) is 0.399. The summed E-state index contributed by atoms with van der Waals surface area (Å²) in [5, 5.41) is 7.84. The number of nitrogens with zero attached hydrogens (tertiary/aromatic N) is 2. The lowest BCUT2D eigenvalue weighted by Gasteiger charge is -2.33. The maximum atomic E-state index is 12.1. The third kappa shape index (κ3) is 3.82. The molecule has 7 nitrogen and oxygen atoms in total.